The van der Waals surface area contributed by atoms with E-state index in [0.29, 0.717) is 26.4 Å². The second kappa shape index (κ2) is 5.95. The van der Waals surface area contributed by atoms with Gasteiger partial charge in [-0.3, -0.25) is 0 Å². The average molecular weight is 352 g/mol. The molecule has 0 saturated heterocycles. The van der Waals surface area contributed by atoms with Gasteiger partial charge in [-0.05, 0) is 52.3 Å². The molecule has 2 aromatic carbocycles. The molecule has 0 radical (unpaired) electrons. The number of nitriles is 1. The maximum atomic E-state index is 10.8. The zero-order chi connectivity index (χ0) is 14.7. The number of anilines is 2. The Labute approximate surface area is 128 Å². The molecule has 0 atom stereocenters. The highest BCUT2D eigenvalue weighted by Crippen LogP contribution is 2.29. The third-order valence-corrected chi connectivity index (χ3v) is 3.55. The van der Waals surface area contributed by atoms with Crippen molar-refractivity contribution in [1.29, 1.82) is 5.26 Å². The Hall–Kier alpha value is -2.03. The fourth-order valence-corrected chi connectivity index (χ4v) is 2.29. The van der Waals surface area contributed by atoms with E-state index in [4.69, 9.17) is 22.0 Å². The summed E-state index contributed by atoms with van der Waals surface area (Å²) in [6.07, 6.45) is 0. The number of carboxylic acids is 1. The van der Waals surface area contributed by atoms with Crippen LogP contribution < -0.4 is 5.32 Å². The summed E-state index contributed by atoms with van der Waals surface area (Å²) < 4.78 is 0.623. The van der Waals surface area contributed by atoms with Gasteiger partial charge in [-0.15, -0.1) is 0 Å². The summed E-state index contributed by atoms with van der Waals surface area (Å²) >= 11 is 9.26. The Kier molecular flexibility index (Phi) is 4.28. The molecule has 0 unspecified atom stereocenters. The molecule has 2 rings (SSSR count). The van der Waals surface area contributed by atoms with Gasteiger partial charge in [0, 0.05) is 10.2 Å². The number of halogens is 2. The van der Waals surface area contributed by atoms with Crippen LogP contribution in [0.5, 0.6) is 0 Å². The van der Waals surface area contributed by atoms with E-state index in [1.54, 1.807) is 24.3 Å². The van der Waals surface area contributed by atoms with Crippen LogP contribution in [0.1, 0.15) is 15.9 Å². The van der Waals surface area contributed by atoms with Crippen molar-refractivity contribution in [2.24, 2.45) is 0 Å². The van der Waals surface area contributed by atoms with E-state index in [-0.39, 0.29) is 5.56 Å². The second-order valence-electron chi connectivity index (χ2n) is 3.93. The second-order valence-corrected chi connectivity index (χ2v) is 5.19. The van der Waals surface area contributed by atoms with Crippen molar-refractivity contribution in [2.75, 3.05) is 5.32 Å². The zero-order valence-corrected chi connectivity index (χ0v) is 12.4. The molecule has 0 fully saturated rings. The molecule has 100 valence electrons. The minimum absolute atomic E-state index is 0.195. The number of aromatic carboxylic acids is 1. The lowest BCUT2D eigenvalue weighted by Gasteiger charge is -2.10. The summed E-state index contributed by atoms with van der Waals surface area (Å²) in [5.74, 6) is -0.987. The van der Waals surface area contributed by atoms with Crippen LogP contribution in [-0.2, 0) is 0 Å². The SMILES string of the molecule is N#Cc1ccc(Nc2ccc(C(=O)O)cc2Br)cc1Cl. The Morgan fingerprint density at radius 1 is 1.30 bits per heavy atom. The molecular formula is C14H8BrClN2O2. The van der Waals surface area contributed by atoms with Crippen LogP contribution in [0.15, 0.2) is 40.9 Å². The maximum absolute atomic E-state index is 10.8. The summed E-state index contributed by atoms with van der Waals surface area (Å²) in [4.78, 5) is 10.8. The molecule has 0 aliphatic rings. The van der Waals surface area contributed by atoms with E-state index in [1.165, 1.54) is 12.1 Å². The van der Waals surface area contributed by atoms with E-state index in [9.17, 15) is 4.79 Å². The van der Waals surface area contributed by atoms with Crippen LogP contribution in [0, 0.1) is 11.3 Å². The highest BCUT2D eigenvalue weighted by molar-refractivity contribution is 9.10. The number of benzene rings is 2. The minimum atomic E-state index is -0.987. The van der Waals surface area contributed by atoms with Crippen molar-refractivity contribution >= 4 is 44.9 Å². The van der Waals surface area contributed by atoms with Gasteiger partial charge in [-0.2, -0.15) is 5.26 Å². The Bertz CT molecular complexity index is 726. The van der Waals surface area contributed by atoms with E-state index in [0.717, 1.165) is 0 Å². The first-order chi connectivity index (χ1) is 9.51. The smallest absolute Gasteiger partial charge is 0.335 e. The molecule has 2 N–H and O–H groups in total. The van der Waals surface area contributed by atoms with Crippen molar-refractivity contribution in [1.82, 2.24) is 0 Å². The van der Waals surface area contributed by atoms with E-state index < -0.39 is 5.97 Å². The van der Waals surface area contributed by atoms with Gasteiger partial charge in [-0.25, -0.2) is 4.79 Å². The van der Waals surface area contributed by atoms with Gasteiger partial charge in [0.1, 0.15) is 6.07 Å². The minimum Gasteiger partial charge on any atom is -0.478 e. The molecule has 0 aliphatic carbocycles. The standard InChI is InChI=1S/C14H8BrClN2O2/c15-11-5-8(14(19)20)2-4-13(11)18-10-3-1-9(7-17)12(16)6-10/h1-6,18H,(H,19,20). The molecule has 20 heavy (non-hydrogen) atoms. The first-order valence-electron chi connectivity index (χ1n) is 5.51. The highest BCUT2D eigenvalue weighted by atomic mass is 79.9. The number of nitrogens with zero attached hydrogens (tertiary/aromatic N) is 1. The van der Waals surface area contributed by atoms with Crippen LogP contribution in [0.4, 0.5) is 11.4 Å². The Morgan fingerprint density at radius 2 is 2.05 bits per heavy atom. The number of hydrogen-bond donors (Lipinski definition) is 2. The third kappa shape index (κ3) is 3.10. The first kappa shape index (κ1) is 14.4. The molecule has 0 saturated carbocycles. The van der Waals surface area contributed by atoms with Crippen LogP contribution in [0.2, 0.25) is 5.02 Å². The molecule has 4 nitrogen and oxygen atoms in total. The molecule has 0 amide bonds. The van der Waals surface area contributed by atoms with Gasteiger partial charge in [0.05, 0.1) is 21.8 Å². The fourth-order valence-electron chi connectivity index (χ4n) is 1.59. The van der Waals surface area contributed by atoms with Crippen LogP contribution in [-0.4, -0.2) is 11.1 Å². The Morgan fingerprint density at radius 3 is 2.60 bits per heavy atom. The predicted octanol–water partition coefficient (Wildman–Crippen LogP) is 4.42. The molecule has 6 heteroatoms. The molecular weight excluding hydrogens is 344 g/mol. The lowest BCUT2D eigenvalue weighted by molar-refractivity contribution is 0.0697. The van der Waals surface area contributed by atoms with Crippen molar-refractivity contribution in [3.8, 4) is 6.07 Å². The number of carboxylic acid groups (broad SMARTS) is 1. The van der Waals surface area contributed by atoms with Crippen LogP contribution in [0.25, 0.3) is 0 Å². The summed E-state index contributed by atoms with van der Waals surface area (Å²) in [7, 11) is 0. The molecule has 0 heterocycles. The van der Waals surface area contributed by atoms with Crippen LogP contribution >= 0.6 is 27.5 Å². The zero-order valence-electron chi connectivity index (χ0n) is 10.0. The predicted molar refractivity (Wildman–Crippen MR) is 80.6 cm³/mol. The molecule has 0 aliphatic heterocycles. The van der Waals surface area contributed by atoms with Gasteiger partial charge in [0.25, 0.3) is 0 Å². The lowest BCUT2D eigenvalue weighted by atomic mass is 10.2. The number of hydrogen-bond acceptors (Lipinski definition) is 3. The van der Waals surface area contributed by atoms with E-state index >= 15 is 0 Å². The number of nitrogens with one attached hydrogen (secondary N) is 1. The highest BCUT2D eigenvalue weighted by Gasteiger charge is 2.08. The molecule has 0 spiro atoms. The largest absolute Gasteiger partial charge is 0.478 e. The van der Waals surface area contributed by atoms with Crippen LogP contribution in [0.3, 0.4) is 0 Å². The van der Waals surface area contributed by atoms with Crippen molar-refractivity contribution < 1.29 is 9.90 Å². The van der Waals surface area contributed by atoms with Crippen molar-refractivity contribution in [3.63, 3.8) is 0 Å². The molecule has 0 aromatic heterocycles. The monoisotopic (exact) mass is 350 g/mol. The topological polar surface area (TPSA) is 73.1 Å². The summed E-state index contributed by atoms with van der Waals surface area (Å²) in [5, 5.41) is 21.2. The van der Waals surface area contributed by atoms with Gasteiger partial charge >= 0.3 is 5.97 Å². The van der Waals surface area contributed by atoms with Gasteiger partial charge < -0.3 is 10.4 Å². The van der Waals surface area contributed by atoms with Crippen molar-refractivity contribution in [2.45, 2.75) is 0 Å². The summed E-state index contributed by atoms with van der Waals surface area (Å²) in [6, 6.07) is 11.6. The maximum Gasteiger partial charge on any atom is 0.335 e. The number of carbonyl (C=O) groups is 1. The van der Waals surface area contributed by atoms with Gasteiger partial charge in [0.2, 0.25) is 0 Å². The van der Waals surface area contributed by atoms with Gasteiger partial charge in [-0.1, -0.05) is 11.6 Å². The fraction of sp³-hybridized carbons (Fsp3) is 0. The quantitative estimate of drug-likeness (QED) is 0.858. The van der Waals surface area contributed by atoms with E-state index in [2.05, 4.69) is 21.2 Å². The first-order valence-corrected chi connectivity index (χ1v) is 6.68. The average Bonchev–Trinajstić information content (AvgIpc) is 2.41. The van der Waals surface area contributed by atoms with Crippen molar-refractivity contribution in [3.05, 3.63) is 57.0 Å². The summed E-state index contributed by atoms with van der Waals surface area (Å²) in [5.41, 5.74) is 2.01. The lowest BCUT2D eigenvalue weighted by Crippen LogP contribution is -1.98. The van der Waals surface area contributed by atoms with Gasteiger partial charge in [0.15, 0.2) is 0 Å². The Balaban J connectivity index is 2.29. The third-order valence-electron chi connectivity index (χ3n) is 2.58. The molecule has 2 aromatic rings. The normalized spacial score (nSPS) is 9.85. The number of rotatable bonds is 3. The van der Waals surface area contributed by atoms with E-state index in [1.807, 2.05) is 6.07 Å². The summed E-state index contributed by atoms with van der Waals surface area (Å²) in [6.45, 7) is 0. The molecule has 0 bridgehead atoms.